The Bertz CT molecular complexity index is 412. The lowest BCUT2D eigenvalue weighted by atomic mass is 9.74. The van der Waals surface area contributed by atoms with Crippen LogP contribution in [0, 0.1) is 0 Å². The molecule has 0 aromatic heterocycles. The Kier molecular flexibility index (Phi) is 3.19. The molecule has 0 bridgehead atoms. The summed E-state index contributed by atoms with van der Waals surface area (Å²) in [6, 6.07) is 5.78. The van der Waals surface area contributed by atoms with Crippen LogP contribution in [-0.4, -0.2) is 29.3 Å². The molecule has 0 amide bonds. The first-order valence-electron chi connectivity index (χ1n) is 6.17. The van der Waals surface area contributed by atoms with Crippen LogP contribution in [0.3, 0.4) is 0 Å². The van der Waals surface area contributed by atoms with E-state index in [0.29, 0.717) is 5.46 Å². The zero-order valence-corrected chi connectivity index (χ0v) is 10.8. The molecule has 1 heterocycles. The minimum Gasteiger partial charge on any atom is -0.423 e. The van der Waals surface area contributed by atoms with E-state index in [1.54, 1.807) is 6.07 Å². The minimum absolute atomic E-state index is 0.0637. The van der Waals surface area contributed by atoms with Gasteiger partial charge < -0.3 is 14.9 Å². The number of benzene rings is 1. The van der Waals surface area contributed by atoms with Crippen molar-refractivity contribution in [3.63, 3.8) is 0 Å². The molecule has 1 aliphatic rings. The monoisotopic (exact) mass is 233 g/mol. The summed E-state index contributed by atoms with van der Waals surface area (Å²) in [7, 11) is -1.37. The molecule has 0 saturated heterocycles. The molecule has 0 unspecified atom stereocenters. The maximum absolute atomic E-state index is 9.41. The molecule has 1 aromatic rings. The van der Waals surface area contributed by atoms with E-state index in [2.05, 4.69) is 31.7 Å². The summed E-state index contributed by atoms with van der Waals surface area (Å²) in [6.07, 6.45) is 1.99. The van der Waals surface area contributed by atoms with Crippen LogP contribution >= 0.6 is 0 Å². The summed E-state index contributed by atoms with van der Waals surface area (Å²) in [5, 5.41) is 18.8. The van der Waals surface area contributed by atoms with Crippen LogP contribution in [0.4, 0.5) is 5.69 Å². The van der Waals surface area contributed by atoms with Gasteiger partial charge in [-0.1, -0.05) is 12.1 Å². The molecule has 17 heavy (non-hydrogen) atoms. The average molecular weight is 233 g/mol. The average Bonchev–Trinajstić information content (AvgIpc) is 2.26. The van der Waals surface area contributed by atoms with Gasteiger partial charge in [0.1, 0.15) is 0 Å². The molecule has 0 aliphatic carbocycles. The molecule has 1 aliphatic heterocycles. The van der Waals surface area contributed by atoms with E-state index in [-0.39, 0.29) is 5.54 Å². The third-order valence-electron chi connectivity index (χ3n) is 3.37. The molecule has 2 rings (SSSR count). The summed E-state index contributed by atoms with van der Waals surface area (Å²) >= 11 is 0. The molecular formula is C13H20BNO2. The van der Waals surface area contributed by atoms with Gasteiger partial charge in [-0.15, -0.1) is 0 Å². The molecule has 2 N–H and O–H groups in total. The highest BCUT2D eigenvalue weighted by Gasteiger charge is 2.29. The SMILES string of the molecule is CC(C)(C)N1CCCc2c(B(O)O)cccc21. The zero-order valence-electron chi connectivity index (χ0n) is 10.8. The van der Waals surface area contributed by atoms with Crippen molar-refractivity contribution in [2.75, 3.05) is 11.4 Å². The predicted molar refractivity (Wildman–Crippen MR) is 71.7 cm³/mol. The van der Waals surface area contributed by atoms with Crippen LogP contribution in [0.5, 0.6) is 0 Å². The molecule has 0 radical (unpaired) electrons. The van der Waals surface area contributed by atoms with Crippen LogP contribution in [0.15, 0.2) is 18.2 Å². The van der Waals surface area contributed by atoms with Gasteiger partial charge in [0.15, 0.2) is 0 Å². The quantitative estimate of drug-likeness (QED) is 0.709. The molecule has 4 heteroatoms. The van der Waals surface area contributed by atoms with E-state index in [9.17, 15) is 10.0 Å². The maximum Gasteiger partial charge on any atom is 0.488 e. The van der Waals surface area contributed by atoms with Crippen molar-refractivity contribution in [3.8, 4) is 0 Å². The van der Waals surface area contributed by atoms with Gasteiger partial charge in [-0.05, 0) is 50.7 Å². The Labute approximate surface area is 103 Å². The third-order valence-corrected chi connectivity index (χ3v) is 3.37. The van der Waals surface area contributed by atoms with Crippen molar-refractivity contribution >= 4 is 18.3 Å². The topological polar surface area (TPSA) is 43.7 Å². The number of hydrogen-bond acceptors (Lipinski definition) is 3. The van der Waals surface area contributed by atoms with Gasteiger partial charge in [-0.3, -0.25) is 0 Å². The first-order chi connectivity index (χ1) is 7.91. The van der Waals surface area contributed by atoms with Crippen LogP contribution in [0.2, 0.25) is 0 Å². The van der Waals surface area contributed by atoms with E-state index in [1.807, 2.05) is 6.07 Å². The molecular weight excluding hydrogens is 213 g/mol. The second-order valence-electron chi connectivity index (χ2n) is 5.64. The fourth-order valence-corrected chi connectivity index (χ4v) is 2.59. The maximum atomic E-state index is 9.41. The van der Waals surface area contributed by atoms with E-state index in [1.165, 1.54) is 0 Å². The Hall–Kier alpha value is -0.995. The lowest BCUT2D eigenvalue weighted by Gasteiger charge is -2.42. The van der Waals surface area contributed by atoms with Gasteiger partial charge in [-0.2, -0.15) is 0 Å². The molecule has 0 spiro atoms. The molecule has 92 valence electrons. The summed E-state index contributed by atoms with van der Waals surface area (Å²) < 4.78 is 0. The standard InChI is InChI=1S/C13H20BNO2/c1-13(2,3)15-9-5-6-10-11(14(16)17)7-4-8-12(10)15/h4,7-8,16-17H,5-6,9H2,1-3H3. The second-order valence-corrected chi connectivity index (χ2v) is 5.64. The molecule has 0 saturated carbocycles. The molecule has 0 atom stereocenters. The first kappa shape index (κ1) is 12.5. The molecule has 3 nitrogen and oxygen atoms in total. The number of rotatable bonds is 1. The van der Waals surface area contributed by atoms with E-state index in [0.717, 1.165) is 30.6 Å². The normalized spacial score (nSPS) is 15.7. The fraction of sp³-hybridized carbons (Fsp3) is 0.538. The lowest BCUT2D eigenvalue weighted by molar-refractivity contribution is 0.424. The van der Waals surface area contributed by atoms with E-state index >= 15 is 0 Å². The van der Waals surface area contributed by atoms with Crippen molar-refractivity contribution in [3.05, 3.63) is 23.8 Å². The first-order valence-corrected chi connectivity index (χ1v) is 6.17. The predicted octanol–water partition coefficient (Wildman–Crippen LogP) is 0.917. The Morgan fingerprint density at radius 2 is 1.94 bits per heavy atom. The Balaban J connectivity index is 2.50. The largest absolute Gasteiger partial charge is 0.488 e. The molecule has 0 fully saturated rings. The fourth-order valence-electron chi connectivity index (χ4n) is 2.59. The van der Waals surface area contributed by atoms with Crippen LogP contribution in [0.25, 0.3) is 0 Å². The Morgan fingerprint density at radius 1 is 1.24 bits per heavy atom. The van der Waals surface area contributed by atoms with Crippen molar-refractivity contribution in [1.82, 2.24) is 0 Å². The highest BCUT2D eigenvalue weighted by molar-refractivity contribution is 6.59. The van der Waals surface area contributed by atoms with Gasteiger partial charge in [0.25, 0.3) is 0 Å². The number of fused-ring (bicyclic) bond motifs is 1. The van der Waals surface area contributed by atoms with E-state index < -0.39 is 7.12 Å². The lowest BCUT2D eigenvalue weighted by Crippen LogP contribution is -2.46. The number of hydrogen-bond donors (Lipinski definition) is 2. The summed E-state index contributed by atoms with van der Waals surface area (Å²) in [5.41, 5.74) is 2.95. The summed E-state index contributed by atoms with van der Waals surface area (Å²) in [6.45, 7) is 7.58. The van der Waals surface area contributed by atoms with Gasteiger partial charge in [0.2, 0.25) is 0 Å². The van der Waals surface area contributed by atoms with Gasteiger partial charge in [-0.25, -0.2) is 0 Å². The van der Waals surface area contributed by atoms with Crippen molar-refractivity contribution in [1.29, 1.82) is 0 Å². The highest BCUT2D eigenvalue weighted by atomic mass is 16.4. The zero-order chi connectivity index (χ0) is 12.6. The second kappa shape index (κ2) is 4.35. The van der Waals surface area contributed by atoms with Gasteiger partial charge >= 0.3 is 7.12 Å². The smallest absolute Gasteiger partial charge is 0.423 e. The van der Waals surface area contributed by atoms with Crippen molar-refractivity contribution in [2.45, 2.75) is 39.2 Å². The van der Waals surface area contributed by atoms with Gasteiger partial charge in [0.05, 0.1) is 0 Å². The summed E-state index contributed by atoms with van der Waals surface area (Å²) in [4.78, 5) is 2.34. The van der Waals surface area contributed by atoms with Crippen LogP contribution in [-0.2, 0) is 6.42 Å². The van der Waals surface area contributed by atoms with E-state index in [4.69, 9.17) is 0 Å². The minimum atomic E-state index is -1.37. The van der Waals surface area contributed by atoms with Crippen molar-refractivity contribution < 1.29 is 10.0 Å². The van der Waals surface area contributed by atoms with Crippen LogP contribution in [0.1, 0.15) is 32.8 Å². The van der Waals surface area contributed by atoms with Crippen LogP contribution < -0.4 is 10.4 Å². The number of nitrogens with zero attached hydrogens (tertiary/aromatic N) is 1. The Morgan fingerprint density at radius 3 is 2.53 bits per heavy atom. The highest BCUT2D eigenvalue weighted by Crippen LogP contribution is 2.31. The van der Waals surface area contributed by atoms with Crippen molar-refractivity contribution in [2.24, 2.45) is 0 Å². The third kappa shape index (κ3) is 2.33. The van der Waals surface area contributed by atoms with Gasteiger partial charge in [0, 0.05) is 17.8 Å². The molecule has 1 aromatic carbocycles. The number of anilines is 1. The summed E-state index contributed by atoms with van der Waals surface area (Å²) in [5.74, 6) is 0.